The molecule has 1 aromatic rings. The fourth-order valence-corrected chi connectivity index (χ4v) is 2.66. The molecule has 1 aromatic carbocycles. The summed E-state index contributed by atoms with van der Waals surface area (Å²) >= 11 is 12.2. The third kappa shape index (κ3) is 4.33. The van der Waals surface area contributed by atoms with Crippen LogP contribution in [0.2, 0.25) is 10.0 Å². The monoisotopic (exact) mass is 400 g/mol. The molecule has 0 unspecified atom stereocenters. The first-order chi connectivity index (χ1) is 12.2. The van der Waals surface area contributed by atoms with Gasteiger partial charge in [0.1, 0.15) is 5.57 Å². The van der Waals surface area contributed by atoms with E-state index in [0.29, 0.717) is 5.56 Å². The zero-order valence-electron chi connectivity index (χ0n) is 13.8. The Labute approximate surface area is 158 Å². The summed E-state index contributed by atoms with van der Waals surface area (Å²) in [5, 5.41) is 2.17. The van der Waals surface area contributed by atoms with Crippen LogP contribution in [0.25, 0.3) is 6.08 Å². The van der Waals surface area contributed by atoms with Crippen molar-refractivity contribution in [3.05, 3.63) is 33.3 Å². The number of carbonyl (C=O) groups excluding carboxylic acids is 4. The number of urea groups is 1. The molecule has 0 radical (unpaired) electrons. The van der Waals surface area contributed by atoms with Gasteiger partial charge in [-0.15, -0.1) is 0 Å². The van der Waals surface area contributed by atoms with Crippen molar-refractivity contribution in [3.63, 3.8) is 0 Å². The fourth-order valence-electron chi connectivity index (χ4n) is 2.05. The number of amides is 4. The highest BCUT2D eigenvalue weighted by molar-refractivity contribution is 6.37. The summed E-state index contributed by atoms with van der Waals surface area (Å²) in [4.78, 5) is 47.4. The summed E-state index contributed by atoms with van der Waals surface area (Å²) in [5.74, 6) is -2.10. The maximum absolute atomic E-state index is 12.1. The number of nitrogens with zero attached hydrogens (tertiary/aromatic N) is 1. The van der Waals surface area contributed by atoms with E-state index >= 15 is 0 Å². The lowest BCUT2D eigenvalue weighted by molar-refractivity contribution is -0.145. The Morgan fingerprint density at radius 1 is 1.23 bits per heavy atom. The SMILES string of the molecule is CCOC(=O)COc1c(Cl)cc(/C=C2/C(=O)NC(=O)N(C)C2=O)cc1Cl. The number of ether oxygens (including phenoxy) is 2. The minimum Gasteiger partial charge on any atom is -0.479 e. The molecular formula is C16H14Cl2N2O6. The highest BCUT2D eigenvalue weighted by Gasteiger charge is 2.33. The third-order valence-electron chi connectivity index (χ3n) is 3.28. The van der Waals surface area contributed by atoms with Crippen LogP contribution in [-0.2, 0) is 19.1 Å². The molecule has 4 amide bonds. The Bertz CT molecular complexity index is 798. The highest BCUT2D eigenvalue weighted by Crippen LogP contribution is 2.35. The smallest absolute Gasteiger partial charge is 0.344 e. The topological polar surface area (TPSA) is 102 Å². The van der Waals surface area contributed by atoms with Crippen molar-refractivity contribution in [3.8, 4) is 5.75 Å². The molecule has 1 aliphatic heterocycles. The van der Waals surface area contributed by atoms with Gasteiger partial charge in [-0.1, -0.05) is 23.2 Å². The van der Waals surface area contributed by atoms with Gasteiger partial charge in [0.15, 0.2) is 12.4 Å². The van der Waals surface area contributed by atoms with E-state index in [1.54, 1.807) is 6.92 Å². The minimum atomic E-state index is -0.826. The molecule has 26 heavy (non-hydrogen) atoms. The van der Waals surface area contributed by atoms with Crippen molar-refractivity contribution in [2.45, 2.75) is 6.92 Å². The zero-order chi connectivity index (χ0) is 19.4. The Morgan fingerprint density at radius 3 is 2.42 bits per heavy atom. The summed E-state index contributed by atoms with van der Waals surface area (Å²) in [6, 6.07) is 1.99. The number of nitrogens with one attached hydrogen (secondary N) is 1. The van der Waals surface area contributed by atoms with Crippen molar-refractivity contribution >= 4 is 53.1 Å². The van der Waals surface area contributed by atoms with E-state index in [9.17, 15) is 19.2 Å². The van der Waals surface area contributed by atoms with E-state index in [1.807, 2.05) is 5.32 Å². The average molecular weight is 401 g/mol. The van der Waals surface area contributed by atoms with Crippen LogP contribution in [0.4, 0.5) is 4.79 Å². The van der Waals surface area contributed by atoms with Gasteiger partial charge < -0.3 is 9.47 Å². The molecular weight excluding hydrogens is 387 g/mol. The van der Waals surface area contributed by atoms with Crippen LogP contribution in [0.15, 0.2) is 17.7 Å². The van der Waals surface area contributed by atoms with E-state index in [0.717, 1.165) is 4.90 Å². The highest BCUT2D eigenvalue weighted by atomic mass is 35.5. The van der Waals surface area contributed by atoms with E-state index < -0.39 is 23.8 Å². The van der Waals surface area contributed by atoms with E-state index in [2.05, 4.69) is 0 Å². The summed E-state index contributed by atoms with van der Waals surface area (Å²) in [6.07, 6.45) is 1.24. The molecule has 0 aromatic heterocycles. The van der Waals surface area contributed by atoms with Gasteiger partial charge in [0.2, 0.25) is 0 Å². The van der Waals surface area contributed by atoms with E-state index in [4.69, 9.17) is 32.7 Å². The molecule has 10 heteroatoms. The van der Waals surface area contributed by atoms with Crippen molar-refractivity contribution in [2.24, 2.45) is 0 Å². The van der Waals surface area contributed by atoms with Gasteiger partial charge in [-0.2, -0.15) is 0 Å². The van der Waals surface area contributed by atoms with Gasteiger partial charge >= 0.3 is 12.0 Å². The maximum Gasteiger partial charge on any atom is 0.344 e. The largest absolute Gasteiger partial charge is 0.479 e. The summed E-state index contributed by atoms with van der Waals surface area (Å²) in [5.41, 5.74) is 0.0872. The number of likely N-dealkylation sites (N-methyl/N-ethyl adjacent to an activating group) is 1. The molecule has 138 valence electrons. The first-order valence-electron chi connectivity index (χ1n) is 7.37. The predicted molar refractivity (Wildman–Crippen MR) is 92.9 cm³/mol. The van der Waals surface area contributed by atoms with Gasteiger partial charge in [-0.3, -0.25) is 19.8 Å². The molecule has 1 aliphatic rings. The number of hydrogen-bond acceptors (Lipinski definition) is 6. The lowest BCUT2D eigenvalue weighted by atomic mass is 10.1. The van der Waals surface area contributed by atoms with Gasteiger partial charge in [-0.25, -0.2) is 9.59 Å². The standard InChI is InChI=1S/C16H14Cl2N2O6/c1-3-25-12(21)7-26-13-10(17)5-8(6-11(13)18)4-9-14(22)19-16(24)20(2)15(9)23/h4-6H,3,7H2,1-2H3,(H,19,22,24)/b9-4-. The number of rotatable bonds is 5. The molecule has 0 aliphatic carbocycles. The van der Waals surface area contributed by atoms with E-state index in [1.165, 1.54) is 25.3 Å². The van der Waals surface area contributed by atoms with Crippen LogP contribution < -0.4 is 10.1 Å². The first-order valence-corrected chi connectivity index (χ1v) is 8.12. The number of benzene rings is 1. The van der Waals surface area contributed by atoms with Crippen LogP contribution in [-0.4, -0.2) is 49.0 Å². The number of carbonyl (C=O) groups is 4. The summed E-state index contributed by atoms with van der Waals surface area (Å²) in [6.45, 7) is 1.50. The summed E-state index contributed by atoms with van der Waals surface area (Å²) in [7, 11) is 1.24. The second kappa shape index (κ2) is 8.20. The predicted octanol–water partition coefficient (Wildman–Crippen LogP) is 2.03. The Morgan fingerprint density at radius 2 is 1.85 bits per heavy atom. The molecule has 8 nitrogen and oxygen atoms in total. The maximum atomic E-state index is 12.1. The first kappa shape index (κ1) is 19.7. The molecule has 2 rings (SSSR count). The Hall–Kier alpha value is -2.58. The molecule has 0 atom stereocenters. The molecule has 1 N–H and O–H groups in total. The number of halogens is 2. The van der Waals surface area contributed by atoms with Crippen molar-refractivity contribution in [2.75, 3.05) is 20.3 Å². The van der Waals surface area contributed by atoms with Gasteiger partial charge in [0.25, 0.3) is 11.8 Å². The lowest BCUT2D eigenvalue weighted by Crippen LogP contribution is -2.52. The Kier molecular flexibility index (Phi) is 6.23. The molecule has 1 heterocycles. The molecule has 0 saturated carbocycles. The van der Waals surface area contributed by atoms with Crippen LogP contribution in [0.1, 0.15) is 12.5 Å². The van der Waals surface area contributed by atoms with E-state index in [-0.39, 0.29) is 34.6 Å². The number of barbiturate groups is 1. The quantitative estimate of drug-likeness (QED) is 0.460. The number of esters is 1. The number of imide groups is 2. The fraction of sp³-hybridized carbons (Fsp3) is 0.250. The molecule has 1 saturated heterocycles. The van der Waals surface area contributed by atoms with Crippen molar-refractivity contribution in [1.82, 2.24) is 10.2 Å². The Balaban J connectivity index is 2.26. The van der Waals surface area contributed by atoms with Crippen molar-refractivity contribution in [1.29, 1.82) is 0 Å². The lowest BCUT2D eigenvalue weighted by Gasteiger charge is -2.22. The molecule has 0 spiro atoms. The van der Waals surface area contributed by atoms with Gasteiger partial charge in [0, 0.05) is 7.05 Å². The second-order valence-electron chi connectivity index (χ2n) is 5.09. The van der Waals surface area contributed by atoms with Gasteiger partial charge in [-0.05, 0) is 30.7 Å². The third-order valence-corrected chi connectivity index (χ3v) is 3.84. The summed E-state index contributed by atoms with van der Waals surface area (Å²) < 4.78 is 9.98. The van der Waals surface area contributed by atoms with Crippen LogP contribution in [0.3, 0.4) is 0 Å². The normalized spacial score (nSPS) is 15.9. The van der Waals surface area contributed by atoms with Crippen LogP contribution in [0.5, 0.6) is 5.75 Å². The molecule has 1 fully saturated rings. The van der Waals surface area contributed by atoms with Gasteiger partial charge in [0.05, 0.1) is 16.7 Å². The van der Waals surface area contributed by atoms with Crippen molar-refractivity contribution < 1.29 is 28.7 Å². The zero-order valence-corrected chi connectivity index (χ0v) is 15.3. The van der Waals surface area contributed by atoms with Crippen LogP contribution in [0, 0.1) is 0 Å². The number of hydrogen-bond donors (Lipinski definition) is 1. The second-order valence-corrected chi connectivity index (χ2v) is 5.90. The van der Waals surface area contributed by atoms with Crippen LogP contribution >= 0.6 is 23.2 Å². The molecule has 0 bridgehead atoms. The minimum absolute atomic E-state index is 0.0651. The average Bonchev–Trinajstić information content (AvgIpc) is 2.56.